The summed E-state index contributed by atoms with van der Waals surface area (Å²) in [7, 11) is 0. The van der Waals surface area contributed by atoms with Gasteiger partial charge in [-0.2, -0.15) is 0 Å². The summed E-state index contributed by atoms with van der Waals surface area (Å²) in [5, 5.41) is 9.97. The van der Waals surface area contributed by atoms with Crippen LogP contribution in [0.5, 0.6) is 0 Å². The Morgan fingerprint density at radius 1 is 0.449 bits per heavy atom. The molecule has 12 bridgehead atoms. The third-order valence-corrected chi connectivity index (χ3v) is 25.6. The van der Waals surface area contributed by atoms with E-state index in [-0.39, 0.29) is 69.7 Å². The molecule has 26 heteroatoms. The molecule has 0 amide bonds. The number of carbonyl (C=O) groups is 7. The van der Waals surface area contributed by atoms with Gasteiger partial charge in [-0.3, -0.25) is 19.2 Å². The lowest BCUT2D eigenvalue weighted by molar-refractivity contribution is -0.338. The van der Waals surface area contributed by atoms with Gasteiger partial charge in [0.05, 0.1) is 36.1 Å². The van der Waals surface area contributed by atoms with Crippen molar-refractivity contribution in [1.29, 1.82) is 0 Å². The van der Waals surface area contributed by atoms with E-state index in [2.05, 4.69) is 0 Å². The summed E-state index contributed by atoms with van der Waals surface area (Å²) in [4.78, 5) is 85.1. The Bertz CT molecular complexity index is 3170. The molecular formula is C72H100O26. The zero-order chi connectivity index (χ0) is 69.1. The van der Waals surface area contributed by atoms with Gasteiger partial charge in [-0.25, -0.2) is 14.4 Å². The van der Waals surface area contributed by atoms with E-state index in [0.717, 1.165) is 96.3 Å². The molecule has 1 N–H and O–H groups in total. The standard InChI is InChI=1S/C26H38O9.C24H32O9.C22H30O8/c1-6-29-13(2)31-19-17-18(32-21(19)27)20-22(33-17)35-26(34-20)15-7-14-8-16(26)11-25(9-14,10-15)12-30-23(28)24(3,4)5;1-11(25)29-17-15-16(30-19(17)26)18-20(31-15)33-24(32-18)13-5-12-6-14(24)9-23(7-12,8-13)10-28-21(27)22(2,3)4;1-20(2,3)19(25)26-9-21-6-10-4-11(7-21)22(12(5-10)8-21)29-16-15-14(28-18(16)30-22)13(23)17(24)27-15/h13-20,22H,6-12H2,1-5H3;12-18,20H,5-10H2,1-4H3;10-16,18,23H,4-9H2,1-3H3. The summed E-state index contributed by atoms with van der Waals surface area (Å²) in [6.07, 6.45) is 3.84. The minimum atomic E-state index is -1.27. The molecule has 9 saturated heterocycles. The molecule has 22 unspecified atom stereocenters. The first kappa shape index (κ1) is 68.2. The highest BCUT2D eigenvalue weighted by molar-refractivity contribution is 5.82. The fourth-order valence-corrected chi connectivity index (χ4v) is 22.2. The quantitative estimate of drug-likeness (QED) is 0.130. The van der Waals surface area contributed by atoms with Crippen molar-refractivity contribution in [3.05, 3.63) is 0 Å². The van der Waals surface area contributed by atoms with Crippen molar-refractivity contribution in [1.82, 2.24) is 0 Å². The molecule has 22 atom stereocenters. The summed E-state index contributed by atoms with van der Waals surface area (Å²) >= 11 is 0. The molecular weight excluding hydrogens is 1280 g/mol. The van der Waals surface area contributed by atoms with Crippen LogP contribution in [0, 0.1) is 85.8 Å². The average molecular weight is 1380 g/mol. The van der Waals surface area contributed by atoms with Crippen LogP contribution in [0.2, 0.25) is 0 Å². The molecule has 21 rings (SSSR count). The SMILES string of the molecule is CC(=O)OC1C(=O)OC2C3OC4(OC3OC12)C1CC2CC4CC(COC(=O)C(C)(C)C)(C2)C1.CC(C)(C)C(=O)OCC12CC3CC(C1)C1(OC4OC5C(O)C(=O)OC5C4O1)C(C3)C2.CCOC(C)OC1C(=O)OC2C3OC4(OC3OC12)C1CC2CC4CC(COC(=O)C(C)(C)C)(C2)C1. The lowest BCUT2D eigenvalue weighted by atomic mass is 9.47. The maximum absolute atomic E-state index is 12.5. The minimum Gasteiger partial charge on any atom is -0.465 e. The summed E-state index contributed by atoms with van der Waals surface area (Å²) in [6.45, 7) is 23.6. The molecule has 0 aromatic carbocycles. The molecule has 21 aliphatic rings. The van der Waals surface area contributed by atoms with Gasteiger partial charge in [-0.1, -0.05) is 0 Å². The largest absolute Gasteiger partial charge is 0.465 e. The Kier molecular flexibility index (Phi) is 16.3. The average Bonchev–Trinajstić information content (AvgIpc) is 1.46. The lowest BCUT2D eigenvalue weighted by Gasteiger charge is -2.62. The second-order valence-electron chi connectivity index (χ2n) is 35.9. The van der Waals surface area contributed by atoms with E-state index >= 15 is 0 Å². The van der Waals surface area contributed by atoms with Crippen molar-refractivity contribution >= 4 is 41.8 Å². The fourth-order valence-electron chi connectivity index (χ4n) is 22.2. The van der Waals surface area contributed by atoms with E-state index in [9.17, 15) is 38.7 Å². The van der Waals surface area contributed by atoms with Gasteiger partial charge in [0, 0.05) is 65.3 Å². The number of aliphatic hydroxyl groups excluding tert-OH is 1. The zero-order valence-corrected chi connectivity index (χ0v) is 58.5. The molecule has 26 nitrogen and oxygen atoms in total. The third-order valence-electron chi connectivity index (χ3n) is 25.6. The third kappa shape index (κ3) is 11.0. The Labute approximate surface area is 571 Å². The smallest absolute Gasteiger partial charge is 0.350 e. The van der Waals surface area contributed by atoms with Crippen LogP contribution >= 0.6 is 0 Å². The Morgan fingerprint density at radius 2 is 0.765 bits per heavy atom. The second kappa shape index (κ2) is 23.4. The summed E-state index contributed by atoms with van der Waals surface area (Å²) in [6, 6.07) is 0. The molecule has 0 aromatic rings. The highest BCUT2D eigenvalue weighted by atomic mass is 16.9. The van der Waals surface area contributed by atoms with Crippen LogP contribution in [0.3, 0.4) is 0 Å². The van der Waals surface area contributed by atoms with Crippen LogP contribution < -0.4 is 0 Å². The first-order valence-electron chi connectivity index (χ1n) is 36.4. The lowest BCUT2D eigenvalue weighted by Crippen LogP contribution is -2.63. The monoisotopic (exact) mass is 1380 g/mol. The first-order valence-corrected chi connectivity index (χ1v) is 36.4. The molecule has 544 valence electrons. The van der Waals surface area contributed by atoms with Crippen molar-refractivity contribution in [3.8, 4) is 0 Å². The Morgan fingerprint density at radius 3 is 1.10 bits per heavy atom. The van der Waals surface area contributed by atoms with Crippen molar-refractivity contribution in [3.63, 3.8) is 0 Å². The molecule has 9 heterocycles. The molecule has 0 aromatic heterocycles. The molecule has 21 fully saturated rings. The Hall–Kier alpha value is -4.19. The van der Waals surface area contributed by atoms with Crippen molar-refractivity contribution in [2.24, 2.45) is 85.8 Å². The molecule has 9 aliphatic heterocycles. The highest BCUT2D eigenvalue weighted by Gasteiger charge is 2.77. The van der Waals surface area contributed by atoms with Gasteiger partial charge >= 0.3 is 41.8 Å². The number of aliphatic hydroxyl groups is 1. The first-order chi connectivity index (χ1) is 46.1. The van der Waals surface area contributed by atoms with Crippen LogP contribution in [0.1, 0.15) is 179 Å². The Balaban J connectivity index is 0.000000115. The van der Waals surface area contributed by atoms with Crippen molar-refractivity contribution < 1.29 is 124 Å². The van der Waals surface area contributed by atoms with Gasteiger partial charge in [0.15, 0.2) is 91.4 Å². The molecule has 12 aliphatic carbocycles. The van der Waals surface area contributed by atoms with Gasteiger partial charge in [0.1, 0.15) is 18.3 Å². The number of fused-ring (bicyclic) bond motifs is 9. The normalized spacial score (nSPS) is 50.0. The minimum absolute atomic E-state index is 0.00745. The maximum Gasteiger partial charge on any atom is 0.350 e. The number of hydrogen-bond acceptors (Lipinski definition) is 26. The zero-order valence-electron chi connectivity index (χ0n) is 58.5. The van der Waals surface area contributed by atoms with E-state index < -0.39 is 156 Å². The van der Waals surface area contributed by atoms with Crippen molar-refractivity contribution in [2.75, 3.05) is 26.4 Å². The van der Waals surface area contributed by atoms with E-state index in [0.29, 0.717) is 44.2 Å². The second-order valence-corrected chi connectivity index (χ2v) is 35.9. The van der Waals surface area contributed by atoms with Gasteiger partial charge in [-0.15, -0.1) is 0 Å². The van der Waals surface area contributed by atoms with Crippen LogP contribution in [0.15, 0.2) is 0 Å². The predicted molar refractivity (Wildman–Crippen MR) is 328 cm³/mol. The van der Waals surface area contributed by atoms with Crippen LogP contribution in [-0.4, -0.2) is 189 Å². The van der Waals surface area contributed by atoms with Gasteiger partial charge in [0.25, 0.3) is 0 Å². The van der Waals surface area contributed by atoms with Gasteiger partial charge in [-0.05, 0) is 190 Å². The van der Waals surface area contributed by atoms with E-state index in [1.807, 2.05) is 69.2 Å². The van der Waals surface area contributed by atoms with Crippen LogP contribution in [-0.2, 0) is 119 Å². The van der Waals surface area contributed by atoms with Crippen LogP contribution in [0.4, 0.5) is 0 Å². The topological polar surface area (TPSA) is 306 Å². The van der Waals surface area contributed by atoms with Crippen LogP contribution in [0.25, 0.3) is 0 Å². The predicted octanol–water partition coefficient (Wildman–Crippen LogP) is 6.55. The van der Waals surface area contributed by atoms with Gasteiger partial charge < -0.3 is 90.4 Å². The summed E-state index contributed by atoms with van der Waals surface area (Å²) in [5.74, 6) is -2.04. The number of hydrogen-bond donors (Lipinski definition) is 1. The van der Waals surface area contributed by atoms with E-state index in [1.54, 1.807) is 6.92 Å². The molecule has 3 spiro atoms. The maximum atomic E-state index is 12.5. The summed E-state index contributed by atoms with van der Waals surface area (Å²) < 4.78 is 108. The van der Waals surface area contributed by atoms with E-state index in [4.69, 9.17) is 85.3 Å². The number of ether oxygens (including phenoxy) is 18. The molecule has 12 saturated carbocycles. The molecule has 98 heavy (non-hydrogen) atoms. The number of esters is 7. The number of rotatable bonds is 11. The number of carbonyl (C=O) groups excluding carboxylic acids is 7. The van der Waals surface area contributed by atoms with Crippen molar-refractivity contribution in [2.45, 2.75) is 295 Å². The molecule has 0 radical (unpaired) electrons. The van der Waals surface area contributed by atoms with E-state index in [1.165, 1.54) is 6.92 Å². The highest BCUT2D eigenvalue weighted by Crippen LogP contribution is 2.71. The summed E-state index contributed by atoms with van der Waals surface area (Å²) in [5.41, 5.74) is -1.58. The fraction of sp³-hybridized carbons (Fsp3) is 0.903. The van der Waals surface area contributed by atoms with Gasteiger partial charge in [0.2, 0.25) is 6.10 Å².